The zero-order valence-corrected chi connectivity index (χ0v) is 17.7. The summed E-state index contributed by atoms with van der Waals surface area (Å²) in [6, 6.07) is 8.00. The van der Waals surface area contributed by atoms with Gasteiger partial charge in [0.15, 0.2) is 0 Å². The minimum Gasteiger partial charge on any atom is -0.370 e. The molecule has 0 radical (unpaired) electrons. The predicted molar refractivity (Wildman–Crippen MR) is 121 cm³/mol. The van der Waals surface area contributed by atoms with Gasteiger partial charge in [-0.05, 0) is 25.0 Å². The normalized spacial score (nSPS) is 19.7. The van der Waals surface area contributed by atoms with Crippen molar-refractivity contribution in [1.29, 1.82) is 0 Å². The lowest BCUT2D eigenvalue weighted by atomic mass is 10.1. The van der Waals surface area contributed by atoms with Crippen LogP contribution in [-0.4, -0.2) is 39.8 Å². The molecule has 1 aromatic carbocycles. The molecule has 28 heavy (non-hydrogen) atoms. The van der Waals surface area contributed by atoms with E-state index < -0.39 is 0 Å². The van der Waals surface area contributed by atoms with Gasteiger partial charge in [0.25, 0.3) is 11.5 Å². The third-order valence-corrected chi connectivity index (χ3v) is 6.98. The number of amides is 1. The number of nitrogens with zero attached hydrogens (tertiary/aromatic N) is 3. The molecule has 5 nitrogen and oxygen atoms in total. The molecule has 1 amide bonds. The number of hydrogen-bond acceptors (Lipinski definition) is 5. The Labute approximate surface area is 174 Å². The zero-order valence-electron chi connectivity index (χ0n) is 16.1. The van der Waals surface area contributed by atoms with E-state index in [0.717, 1.165) is 42.5 Å². The van der Waals surface area contributed by atoms with E-state index in [2.05, 4.69) is 11.0 Å². The first-order valence-electron chi connectivity index (χ1n) is 9.57. The van der Waals surface area contributed by atoms with Crippen LogP contribution in [0.4, 0.5) is 5.69 Å². The Hall–Kier alpha value is -2.12. The third kappa shape index (κ3) is 3.26. The lowest BCUT2D eigenvalue weighted by Gasteiger charge is -2.27. The van der Waals surface area contributed by atoms with E-state index in [1.54, 1.807) is 24.7 Å². The highest BCUT2D eigenvalue weighted by Gasteiger charge is 2.30. The van der Waals surface area contributed by atoms with Gasteiger partial charge >= 0.3 is 0 Å². The number of para-hydroxylation sites is 1. The van der Waals surface area contributed by atoms with Gasteiger partial charge in [-0.2, -0.15) is 0 Å². The molecule has 0 N–H and O–H groups in total. The van der Waals surface area contributed by atoms with Crippen LogP contribution in [0.1, 0.15) is 31.2 Å². The van der Waals surface area contributed by atoms with E-state index in [9.17, 15) is 9.59 Å². The first-order chi connectivity index (χ1) is 13.5. The number of thioether (sulfide) groups is 1. The maximum absolute atomic E-state index is 13.3. The quantitative estimate of drug-likeness (QED) is 0.554. The Kier molecular flexibility index (Phi) is 5.29. The van der Waals surface area contributed by atoms with E-state index in [0.29, 0.717) is 14.8 Å². The summed E-state index contributed by atoms with van der Waals surface area (Å²) in [5.41, 5.74) is 2.35. The monoisotopic (exact) mass is 413 g/mol. The Morgan fingerprint density at radius 1 is 1.04 bits per heavy atom. The molecular weight excluding hydrogens is 390 g/mol. The molecule has 3 heterocycles. The first kappa shape index (κ1) is 19.2. The van der Waals surface area contributed by atoms with E-state index in [-0.39, 0.29) is 11.5 Å². The second-order valence-corrected chi connectivity index (χ2v) is 8.96. The Balaban J connectivity index is 1.98. The van der Waals surface area contributed by atoms with Gasteiger partial charge in [0.2, 0.25) is 0 Å². The van der Waals surface area contributed by atoms with Crippen molar-refractivity contribution in [1.82, 2.24) is 9.47 Å². The number of likely N-dealkylation sites (N-methyl/N-ethyl adjacent to an activating group) is 1. The molecule has 146 valence electrons. The highest BCUT2D eigenvalue weighted by Crippen LogP contribution is 2.36. The fourth-order valence-corrected chi connectivity index (χ4v) is 5.11. The predicted octanol–water partition coefficient (Wildman–Crippen LogP) is 3.75. The van der Waals surface area contributed by atoms with Crippen molar-refractivity contribution in [3.05, 3.63) is 45.1 Å². The van der Waals surface area contributed by atoms with Crippen LogP contribution in [-0.2, 0) is 11.8 Å². The number of fused-ring (bicyclic) bond motifs is 1. The van der Waals surface area contributed by atoms with Gasteiger partial charge in [0.05, 0.1) is 21.7 Å². The van der Waals surface area contributed by atoms with Crippen molar-refractivity contribution in [3.8, 4) is 0 Å². The highest BCUT2D eigenvalue weighted by atomic mass is 32.2. The minimum absolute atomic E-state index is 0.0840. The Morgan fingerprint density at radius 3 is 2.36 bits per heavy atom. The summed E-state index contributed by atoms with van der Waals surface area (Å²) in [5, 5.41) is 1.05. The van der Waals surface area contributed by atoms with Crippen LogP contribution in [0.3, 0.4) is 0 Å². The first-order valence-corrected chi connectivity index (χ1v) is 10.8. The maximum Gasteiger partial charge on any atom is 0.265 e. The molecule has 2 aliphatic rings. The Morgan fingerprint density at radius 2 is 1.71 bits per heavy atom. The van der Waals surface area contributed by atoms with Crippen LogP contribution in [0.15, 0.2) is 34.0 Å². The van der Waals surface area contributed by atoms with E-state index in [4.69, 9.17) is 12.2 Å². The van der Waals surface area contributed by atoms with Crippen molar-refractivity contribution in [2.45, 2.75) is 25.7 Å². The summed E-state index contributed by atoms with van der Waals surface area (Å²) in [7, 11) is 3.46. The largest absolute Gasteiger partial charge is 0.370 e. The highest BCUT2D eigenvalue weighted by molar-refractivity contribution is 8.26. The number of carbonyl (C=O) groups excluding carboxylic acids is 1. The molecule has 0 unspecified atom stereocenters. The summed E-state index contributed by atoms with van der Waals surface area (Å²) in [5.74, 6) is -0.146. The molecule has 0 saturated carbocycles. The van der Waals surface area contributed by atoms with Crippen LogP contribution >= 0.6 is 24.0 Å². The van der Waals surface area contributed by atoms with E-state index in [1.807, 2.05) is 18.2 Å². The number of carbonyl (C=O) groups is 1. The average Bonchev–Trinajstić information content (AvgIpc) is 2.90. The molecule has 0 aliphatic carbocycles. The number of benzene rings is 1. The van der Waals surface area contributed by atoms with Crippen LogP contribution < -0.4 is 10.5 Å². The molecule has 2 saturated heterocycles. The second-order valence-electron chi connectivity index (χ2n) is 7.29. The zero-order chi connectivity index (χ0) is 19.8. The lowest BCUT2D eigenvalue weighted by molar-refractivity contribution is -0.121. The summed E-state index contributed by atoms with van der Waals surface area (Å²) in [4.78, 5) is 30.2. The molecule has 1 aromatic heterocycles. The molecule has 4 rings (SSSR count). The van der Waals surface area contributed by atoms with Crippen LogP contribution in [0.25, 0.3) is 17.0 Å². The third-order valence-electron chi connectivity index (χ3n) is 5.49. The summed E-state index contributed by atoms with van der Waals surface area (Å²) >= 11 is 6.52. The molecule has 2 aliphatic heterocycles. The van der Waals surface area contributed by atoms with Crippen LogP contribution in [0.2, 0.25) is 0 Å². The van der Waals surface area contributed by atoms with E-state index in [1.165, 1.54) is 29.5 Å². The molecular formula is C21H23N3O2S2. The number of aryl methyl sites for hydroxylation is 1. The van der Waals surface area contributed by atoms with Crippen molar-refractivity contribution in [3.63, 3.8) is 0 Å². The van der Waals surface area contributed by atoms with Crippen LogP contribution in [0.5, 0.6) is 0 Å². The van der Waals surface area contributed by atoms with Gasteiger partial charge in [-0.15, -0.1) is 0 Å². The summed E-state index contributed by atoms with van der Waals surface area (Å²) in [6.45, 7) is 1.85. The van der Waals surface area contributed by atoms with Gasteiger partial charge in [-0.1, -0.05) is 55.0 Å². The topological polar surface area (TPSA) is 45.6 Å². The molecule has 2 fully saturated rings. The molecule has 2 aromatic rings. The van der Waals surface area contributed by atoms with E-state index >= 15 is 0 Å². The molecule has 0 bridgehead atoms. The van der Waals surface area contributed by atoms with Crippen molar-refractivity contribution < 1.29 is 4.79 Å². The van der Waals surface area contributed by atoms with Gasteiger partial charge in [0, 0.05) is 32.6 Å². The smallest absolute Gasteiger partial charge is 0.265 e. The maximum atomic E-state index is 13.3. The fraction of sp³-hybridized carbons (Fsp3) is 0.381. The fourth-order valence-electron chi connectivity index (χ4n) is 3.94. The SMILES string of the molecule is CN1C(=O)C(=Cc2c(N3CCCCCC3)c3ccccc3n(C)c2=O)SC1=S. The second kappa shape index (κ2) is 7.72. The molecule has 7 heteroatoms. The number of rotatable bonds is 2. The van der Waals surface area contributed by atoms with Gasteiger partial charge in [0.1, 0.15) is 4.32 Å². The summed E-state index contributed by atoms with van der Waals surface area (Å²) < 4.78 is 2.19. The number of hydrogen-bond donors (Lipinski definition) is 0. The Bertz CT molecular complexity index is 1050. The van der Waals surface area contributed by atoms with Crippen LogP contribution in [0, 0.1) is 0 Å². The number of aromatic nitrogens is 1. The van der Waals surface area contributed by atoms with Crippen molar-refractivity contribution >= 4 is 56.9 Å². The number of thiocarbonyl (C=S) groups is 1. The van der Waals surface area contributed by atoms with Crippen molar-refractivity contribution in [2.24, 2.45) is 7.05 Å². The summed E-state index contributed by atoms with van der Waals surface area (Å²) in [6.07, 6.45) is 6.39. The van der Waals surface area contributed by atoms with Gasteiger partial charge < -0.3 is 9.47 Å². The lowest BCUT2D eigenvalue weighted by Crippen LogP contribution is -2.30. The standard InChI is InChI=1S/C21H23N3O2S2/c1-22-16-10-6-5-9-14(16)18(24-11-7-3-4-8-12-24)15(19(22)25)13-17-20(26)23(2)21(27)28-17/h5-6,9-10,13H,3-4,7-8,11-12H2,1-2H3. The molecule has 0 atom stereocenters. The van der Waals surface area contributed by atoms with Gasteiger partial charge in [-0.3, -0.25) is 14.5 Å². The van der Waals surface area contributed by atoms with Crippen molar-refractivity contribution in [2.75, 3.05) is 25.0 Å². The average molecular weight is 414 g/mol. The number of anilines is 1. The number of pyridine rings is 1. The molecule has 0 spiro atoms. The van der Waals surface area contributed by atoms with Gasteiger partial charge in [-0.25, -0.2) is 0 Å². The minimum atomic E-state index is -0.146.